The van der Waals surface area contributed by atoms with Gasteiger partial charge in [-0.3, -0.25) is 0 Å². The summed E-state index contributed by atoms with van der Waals surface area (Å²) in [6, 6.07) is 0.115. The molecule has 0 aromatic carbocycles. The maximum absolute atomic E-state index is 12.6. The fourth-order valence-electron chi connectivity index (χ4n) is 3.07. The van der Waals surface area contributed by atoms with Gasteiger partial charge < -0.3 is 10.4 Å². The van der Waals surface area contributed by atoms with E-state index in [2.05, 4.69) is 5.32 Å². The van der Waals surface area contributed by atoms with E-state index in [9.17, 15) is 8.42 Å². The number of hydrogen-bond acceptors (Lipinski definition) is 4. The third-order valence-corrected chi connectivity index (χ3v) is 6.43. The van der Waals surface area contributed by atoms with Gasteiger partial charge in [0.25, 0.3) is 0 Å². The van der Waals surface area contributed by atoms with Gasteiger partial charge >= 0.3 is 0 Å². The number of rotatable bonds is 5. The molecule has 6 heteroatoms. The lowest BCUT2D eigenvalue weighted by atomic mass is 10.2. The molecule has 0 amide bonds. The van der Waals surface area contributed by atoms with E-state index in [-0.39, 0.29) is 24.4 Å². The van der Waals surface area contributed by atoms with Gasteiger partial charge in [-0.2, -0.15) is 4.31 Å². The Hall–Kier alpha value is -0.170. The molecule has 0 aromatic heterocycles. The Morgan fingerprint density at radius 2 is 1.89 bits per heavy atom. The van der Waals surface area contributed by atoms with Crippen molar-refractivity contribution >= 4 is 10.0 Å². The first-order valence-electron chi connectivity index (χ1n) is 6.98. The first-order chi connectivity index (χ1) is 8.66. The van der Waals surface area contributed by atoms with E-state index in [4.69, 9.17) is 5.11 Å². The van der Waals surface area contributed by atoms with Gasteiger partial charge in [-0.05, 0) is 32.2 Å². The lowest BCUT2D eigenvalue weighted by Crippen LogP contribution is -2.50. The molecule has 0 aromatic rings. The topological polar surface area (TPSA) is 69.6 Å². The summed E-state index contributed by atoms with van der Waals surface area (Å²) < 4.78 is 26.9. The lowest BCUT2D eigenvalue weighted by molar-refractivity contribution is 0.224. The highest BCUT2D eigenvalue weighted by atomic mass is 32.2. The minimum atomic E-state index is -3.26. The molecule has 2 rings (SSSR count). The van der Waals surface area contributed by atoms with Gasteiger partial charge in [-0.15, -0.1) is 0 Å². The monoisotopic (exact) mass is 276 g/mol. The molecule has 1 aliphatic heterocycles. The second kappa shape index (κ2) is 6.32. The Balaban J connectivity index is 2.11. The molecule has 2 fully saturated rings. The molecule has 2 aliphatic rings. The standard InChI is InChI=1S/C12H24N2O3S/c15-9-8-14(11-4-1-2-5-11)18(16,17)12-6-3-7-13-10-12/h11-13,15H,1-10H2. The third kappa shape index (κ3) is 3.04. The van der Waals surface area contributed by atoms with Crippen LogP contribution < -0.4 is 5.32 Å². The van der Waals surface area contributed by atoms with Crippen LogP contribution >= 0.6 is 0 Å². The van der Waals surface area contributed by atoms with E-state index in [1.54, 1.807) is 4.31 Å². The SMILES string of the molecule is O=S(=O)(C1CCCNC1)N(CCO)C1CCCC1. The number of aliphatic hydroxyl groups is 1. The zero-order valence-corrected chi connectivity index (χ0v) is 11.7. The molecule has 0 spiro atoms. The number of hydrogen-bond donors (Lipinski definition) is 2. The zero-order chi connectivity index (χ0) is 13.0. The second-order valence-electron chi connectivity index (χ2n) is 5.29. The fourth-order valence-corrected chi connectivity index (χ4v) is 5.21. The van der Waals surface area contributed by atoms with E-state index in [0.29, 0.717) is 6.54 Å². The van der Waals surface area contributed by atoms with Crippen LogP contribution in [0, 0.1) is 0 Å². The number of sulfonamides is 1. The minimum Gasteiger partial charge on any atom is -0.395 e. The van der Waals surface area contributed by atoms with Gasteiger partial charge in [0.15, 0.2) is 0 Å². The summed E-state index contributed by atoms with van der Waals surface area (Å²) in [5.74, 6) is 0. The van der Waals surface area contributed by atoms with Crippen molar-refractivity contribution in [3.05, 3.63) is 0 Å². The number of aliphatic hydroxyl groups excluding tert-OH is 1. The van der Waals surface area contributed by atoms with Gasteiger partial charge in [-0.25, -0.2) is 8.42 Å². The predicted octanol–water partition coefficient (Wildman–Crippen LogP) is 0.305. The van der Waals surface area contributed by atoms with E-state index < -0.39 is 10.0 Å². The summed E-state index contributed by atoms with van der Waals surface area (Å²) >= 11 is 0. The van der Waals surface area contributed by atoms with Crippen LogP contribution in [0.3, 0.4) is 0 Å². The van der Waals surface area contributed by atoms with E-state index in [1.165, 1.54) is 0 Å². The summed E-state index contributed by atoms with van der Waals surface area (Å²) in [7, 11) is -3.26. The van der Waals surface area contributed by atoms with Crippen LogP contribution in [-0.4, -0.2) is 55.4 Å². The van der Waals surface area contributed by atoms with E-state index in [0.717, 1.165) is 45.1 Å². The quantitative estimate of drug-likeness (QED) is 0.758. The summed E-state index contributed by atoms with van der Waals surface area (Å²) in [5.41, 5.74) is 0. The van der Waals surface area contributed by atoms with Crippen molar-refractivity contribution in [1.82, 2.24) is 9.62 Å². The Morgan fingerprint density at radius 1 is 1.17 bits per heavy atom. The fraction of sp³-hybridized carbons (Fsp3) is 1.00. The highest BCUT2D eigenvalue weighted by molar-refractivity contribution is 7.89. The van der Waals surface area contributed by atoms with Crippen molar-refractivity contribution < 1.29 is 13.5 Å². The molecule has 106 valence electrons. The lowest BCUT2D eigenvalue weighted by Gasteiger charge is -2.33. The zero-order valence-electron chi connectivity index (χ0n) is 10.8. The summed E-state index contributed by atoms with van der Waals surface area (Å²) in [6.45, 7) is 1.63. The minimum absolute atomic E-state index is 0.0874. The largest absolute Gasteiger partial charge is 0.395 e. The van der Waals surface area contributed by atoms with Crippen LogP contribution in [0.1, 0.15) is 38.5 Å². The van der Waals surface area contributed by atoms with Crippen molar-refractivity contribution in [3.63, 3.8) is 0 Å². The maximum atomic E-state index is 12.6. The van der Waals surface area contributed by atoms with Crippen LogP contribution in [0.5, 0.6) is 0 Å². The van der Waals surface area contributed by atoms with E-state index in [1.807, 2.05) is 0 Å². The Bertz CT molecular complexity index is 346. The molecule has 1 saturated heterocycles. The number of piperidine rings is 1. The second-order valence-corrected chi connectivity index (χ2v) is 7.45. The molecule has 1 aliphatic carbocycles. The van der Waals surface area contributed by atoms with Gasteiger partial charge in [0.05, 0.1) is 11.9 Å². The number of nitrogens with zero attached hydrogens (tertiary/aromatic N) is 1. The molecule has 5 nitrogen and oxygen atoms in total. The van der Waals surface area contributed by atoms with Gasteiger partial charge in [-0.1, -0.05) is 12.8 Å². The summed E-state index contributed by atoms with van der Waals surface area (Å²) in [4.78, 5) is 0. The molecular weight excluding hydrogens is 252 g/mol. The first-order valence-corrected chi connectivity index (χ1v) is 8.49. The van der Waals surface area contributed by atoms with Crippen molar-refractivity contribution in [1.29, 1.82) is 0 Å². The van der Waals surface area contributed by atoms with Crippen molar-refractivity contribution in [2.75, 3.05) is 26.2 Å². The van der Waals surface area contributed by atoms with Crippen LogP contribution in [0.4, 0.5) is 0 Å². The summed E-state index contributed by atoms with van der Waals surface area (Å²) in [5, 5.41) is 12.0. The maximum Gasteiger partial charge on any atom is 0.218 e. The normalized spacial score (nSPS) is 26.9. The molecular formula is C12H24N2O3S. The van der Waals surface area contributed by atoms with Crippen molar-refractivity contribution in [3.8, 4) is 0 Å². The van der Waals surface area contributed by atoms with Crippen molar-refractivity contribution in [2.45, 2.75) is 49.8 Å². The molecule has 0 bridgehead atoms. The predicted molar refractivity (Wildman–Crippen MR) is 70.9 cm³/mol. The molecule has 18 heavy (non-hydrogen) atoms. The summed E-state index contributed by atoms with van der Waals surface area (Å²) in [6.07, 6.45) is 5.75. The Kier molecular flexibility index (Phi) is 5.00. The van der Waals surface area contributed by atoms with Crippen LogP contribution in [0.15, 0.2) is 0 Å². The first kappa shape index (κ1) is 14.2. The van der Waals surface area contributed by atoms with Crippen molar-refractivity contribution in [2.24, 2.45) is 0 Å². The Labute approximate surface area is 110 Å². The van der Waals surface area contributed by atoms with Crippen LogP contribution in [0.2, 0.25) is 0 Å². The van der Waals surface area contributed by atoms with Gasteiger partial charge in [0.2, 0.25) is 10.0 Å². The molecule has 1 heterocycles. The van der Waals surface area contributed by atoms with E-state index >= 15 is 0 Å². The van der Waals surface area contributed by atoms with Crippen LogP contribution in [0.25, 0.3) is 0 Å². The molecule has 1 saturated carbocycles. The molecule has 2 N–H and O–H groups in total. The van der Waals surface area contributed by atoms with Gasteiger partial charge in [0, 0.05) is 19.1 Å². The highest BCUT2D eigenvalue weighted by Crippen LogP contribution is 2.28. The smallest absolute Gasteiger partial charge is 0.218 e. The number of nitrogens with one attached hydrogen (secondary N) is 1. The molecule has 1 unspecified atom stereocenters. The third-order valence-electron chi connectivity index (χ3n) is 4.05. The highest BCUT2D eigenvalue weighted by Gasteiger charge is 2.37. The van der Waals surface area contributed by atoms with Gasteiger partial charge in [0.1, 0.15) is 0 Å². The molecule has 1 atom stereocenters. The van der Waals surface area contributed by atoms with Crippen LogP contribution in [-0.2, 0) is 10.0 Å². The molecule has 0 radical (unpaired) electrons. The average molecular weight is 276 g/mol. The Morgan fingerprint density at radius 3 is 2.44 bits per heavy atom. The average Bonchev–Trinajstić information content (AvgIpc) is 2.90.